The van der Waals surface area contributed by atoms with Crippen molar-refractivity contribution in [3.05, 3.63) is 17.0 Å². The van der Waals surface area contributed by atoms with Crippen LogP contribution in [0.5, 0.6) is 5.88 Å². The van der Waals surface area contributed by atoms with Crippen LogP contribution in [0.2, 0.25) is 5.28 Å². The van der Waals surface area contributed by atoms with Crippen LogP contribution in [0.25, 0.3) is 0 Å². The molecule has 18 heavy (non-hydrogen) atoms. The van der Waals surface area contributed by atoms with Crippen molar-refractivity contribution >= 4 is 11.6 Å². The van der Waals surface area contributed by atoms with E-state index >= 15 is 0 Å². The number of hydrogen-bond donors (Lipinski definition) is 0. The first-order valence-electron chi connectivity index (χ1n) is 5.57. The zero-order valence-corrected chi connectivity index (χ0v) is 10.8. The third-order valence-corrected chi connectivity index (χ3v) is 2.43. The normalized spacial score (nSPS) is 13.4. The molecule has 1 unspecified atom stereocenters. The van der Waals surface area contributed by atoms with Gasteiger partial charge in [0.15, 0.2) is 5.69 Å². The Balaban J connectivity index is 2.75. The average Bonchev–Trinajstić information content (AvgIpc) is 2.25. The van der Waals surface area contributed by atoms with Gasteiger partial charge < -0.3 is 4.74 Å². The van der Waals surface area contributed by atoms with Gasteiger partial charge in [0.1, 0.15) is 0 Å². The van der Waals surface area contributed by atoms with Crippen LogP contribution in [0.15, 0.2) is 6.07 Å². The number of halogens is 4. The van der Waals surface area contributed by atoms with Gasteiger partial charge in [0.2, 0.25) is 11.2 Å². The summed E-state index contributed by atoms with van der Waals surface area (Å²) in [7, 11) is 0. The summed E-state index contributed by atoms with van der Waals surface area (Å²) in [6.07, 6.45) is -2.63. The maximum absolute atomic E-state index is 12.5. The molecule has 0 bridgehead atoms. The average molecular weight is 283 g/mol. The van der Waals surface area contributed by atoms with Gasteiger partial charge >= 0.3 is 6.18 Å². The largest absolute Gasteiger partial charge is 0.477 e. The summed E-state index contributed by atoms with van der Waals surface area (Å²) in [4.78, 5) is 6.73. The van der Waals surface area contributed by atoms with Crippen molar-refractivity contribution in [2.45, 2.75) is 32.9 Å². The van der Waals surface area contributed by atoms with Crippen LogP contribution >= 0.6 is 11.6 Å². The molecule has 0 fully saturated rings. The number of aromatic nitrogens is 2. The first-order valence-corrected chi connectivity index (χ1v) is 5.95. The van der Waals surface area contributed by atoms with Crippen molar-refractivity contribution in [3.63, 3.8) is 0 Å². The lowest BCUT2D eigenvalue weighted by atomic mass is 10.1. The fraction of sp³-hybridized carbons (Fsp3) is 0.636. The Morgan fingerprint density at radius 3 is 2.61 bits per heavy atom. The number of nitrogens with zero attached hydrogens (tertiary/aromatic N) is 2. The summed E-state index contributed by atoms with van der Waals surface area (Å²) >= 11 is 5.43. The molecule has 0 radical (unpaired) electrons. The Bertz CT molecular complexity index is 398. The summed E-state index contributed by atoms with van der Waals surface area (Å²) in [5.74, 6) is 0.100. The quantitative estimate of drug-likeness (QED) is 0.767. The van der Waals surface area contributed by atoms with Crippen molar-refractivity contribution in [3.8, 4) is 5.88 Å². The number of hydrogen-bond acceptors (Lipinski definition) is 3. The molecule has 0 amide bonds. The molecule has 0 N–H and O–H groups in total. The van der Waals surface area contributed by atoms with E-state index in [1.165, 1.54) is 0 Å². The van der Waals surface area contributed by atoms with E-state index in [2.05, 4.69) is 9.97 Å². The van der Waals surface area contributed by atoms with Crippen LogP contribution in [0.4, 0.5) is 13.2 Å². The van der Waals surface area contributed by atoms with Gasteiger partial charge in [-0.15, -0.1) is 0 Å². The fourth-order valence-electron chi connectivity index (χ4n) is 1.42. The van der Waals surface area contributed by atoms with E-state index in [9.17, 15) is 13.2 Å². The van der Waals surface area contributed by atoms with Crippen molar-refractivity contribution in [2.75, 3.05) is 6.61 Å². The number of rotatable bonds is 5. The second kappa shape index (κ2) is 6.22. The third-order valence-electron chi connectivity index (χ3n) is 2.26. The van der Waals surface area contributed by atoms with E-state index in [0.29, 0.717) is 6.61 Å². The predicted octanol–water partition coefficient (Wildman–Crippen LogP) is 3.96. The fourth-order valence-corrected chi connectivity index (χ4v) is 1.59. The monoisotopic (exact) mass is 282 g/mol. The van der Waals surface area contributed by atoms with Gasteiger partial charge in [-0.1, -0.05) is 20.3 Å². The molecule has 1 rings (SSSR count). The van der Waals surface area contributed by atoms with E-state index < -0.39 is 17.2 Å². The molecule has 3 nitrogen and oxygen atoms in total. The Morgan fingerprint density at radius 2 is 2.06 bits per heavy atom. The highest BCUT2D eigenvalue weighted by atomic mass is 35.5. The van der Waals surface area contributed by atoms with Gasteiger partial charge in [0.25, 0.3) is 0 Å². The lowest BCUT2D eigenvalue weighted by Gasteiger charge is -2.12. The predicted molar refractivity (Wildman–Crippen MR) is 61.6 cm³/mol. The SMILES string of the molecule is CCCC(C)COc1cc(C(F)(F)F)nc(Cl)n1. The van der Waals surface area contributed by atoms with E-state index in [-0.39, 0.29) is 11.8 Å². The highest BCUT2D eigenvalue weighted by molar-refractivity contribution is 6.28. The first-order chi connectivity index (χ1) is 8.32. The maximum atomic E-state index is 12.5. The molecule has 0 saturated heterocycles. The molecule has 1 atom stereocenters. The Labute approximate surface area is 108 Å². The smallest absolute Gasteiger partial charge is 0.433 e. The van der Waals surface area contributed by atoms with E-state index in [1.807, 2.05) is 13.8 Å². The summed E-state index contributed by atoms with van der Waals surface area (Å²) in [5.41, 5.74) is -1.10. The van der Waals surface area contributed by atoms with Crippen LogP contribution < -0.4 is 4.74 Å². The van der Waals surface area contributed by atoms with Gasteiger partial charge in [-0.3, -0.25) is 0 Å². The summed E-state index contributed by atoms with van der Waals surface area (Å²) in [6.45, 7) is 4.29. The second-order valence-corrected chi connectivity index (χ2v) is 4.40. The van der Waals surface area contributed by atoms with Gasteiger partial charge in [0, 0.05) is 6.07 Å². The van der Waals surface area contributed by atoms with Crippen molar-refractivity contribution in [1.29, 1.82) is 0 Å². The summed E-state index contributed by atoms with van der Waals surface area (Å²) in [6, 6.07) is 0.755. The van der Waals surface area contributed by atoms with Crippen molar-refractivity contribution in [1.82, 2.24) is 9.97 Å². The molecule has 0 aromatic carbocycles. The standard InChI is InChI=1S/C11H14ClF3N2O/c1-3-4-7(2)6-18-9-5-8(11(13,14)15)16-10(12)17-9/h5,7H,3-4,6H2,1-2H3. The molecule has 1 aromatic heterocycles. The minimum atomic E-state index is -4.56. The molecule has 0 aliphatic heterocycles. The summed E-state index contributed by atoms with van der Waals surface area (Å²) in [5, 5.41) is -0.469. The Morgan fingerprint density at radius 1 is 1.39 bits per heavy atom. The summed E-state index contributed by atoms with van der Waals surface area (Å²) < 4.78 is 42.6. The lowest BCUT2D eigenvalue weighted by molar-refractivity contribution is -0.141. The highest BCUT2D eigenvalue weighted by Gasteiger charge is 2.33. The lowest BCUT2D eigenvalue weighted by Crippen LogP contribution is -2.12. The van der Waals surface area contributed by atoms with Crippen LogP contribution in [0.3, 0.4) is 0 Å². The van der Waals surface area contributed by atoms with Crippen LogP contribution in [-0.2, 0) is 6.18 Å². The van der Waals surface area contributed by atoms with E-state index in [0.717, 1.165) is 18.9 Å². The minimum Gasteiger partial charge on any atom is -0.477 e. The van der Waals surface area contributed by atoms with Crippen LogP contribution in [0.1, 0.15) is 32.4 Å². The topological polar surface area (TPSA) is 35.0 Å². The second-order valence-electron chi connectivity index (χ2n) is 4.06. The Kier molecular flexibility index (Phi) is 5.19. The third kappa shape index (κ3) is 4.68. The van der Waals surface area contributed by atoms with E-state index in [4.69, 9.17) is 16.3 Å². The van der Waals surface area contributed by atoms with Gasteiger partial charge in [0.05, 0.1) is 6.61 Å². The van der Waals surface area contributed by atoms with Gasteiger partial charge in [-0.05, 0) is 23.9 Å². The van der Waals surface area contributed by atoms with Crippen molar-refractivity contribution < 1.29 is 17.9 Å². The van der Waals surface area contributed by atoms with Crippen LogP contribution in [-0.4, -0.2) is 16.6 Å². The Hall–Kier alpha value is -1.04. The zero-order valence-electron chi connectivity index (χ0n) is 10.1. The number of ether oxygens (including phenoxy) is 1. The van der Waals surface area contributed by atoms with E-state index in [1.54, 1.807) is 0 Å². The molecule has 1 heterocycles. The molecule has 1 aromatic rings. The molecule has 102 valence electrons. The highest BCUT2D eigenvalue weighted by Crippen LogP contribution is 2.30. The molecule has 0 saturated carbocycles. The molecule has 0 spiro atoms. The molecule has 7 heteroatoms. The minimum absolute atomic E-state index is 0.148. The molecule has 0 aliphatic carbocycles. The zero-order chi connectivity index (χ0) is 13.8. The maximum Gasteiger partial charge on any atom is 0.433 e. The first kappa shape index (κ1) is 15.0. The molecular formula is C11H14ClF3N2O. The van der Waals surface area contributed by atoms with Gasteiger partial charge in [-0.2, -0.15) is 18.2 Å². The van der Waals surface area contributed by atoms with Crippen molar-refractivity contribution in [2.24, 2.45) is 5.92 Å². The number of alkyl halides is 3. The molecule has 0 aliphatic rings. The van der Waals surface area contributed by atoms with Crippen LogP contribution in [0, 0.1) is 5.92 Å². The van der Waals surface area contributed by atoms with Gasteiger partial charge in [-0.25, -0.2) is 4.98 Å². The molecular weight excluding hydrogens is 269 g/mol.